The molecule has 0 spiro atoms. The molecule has 1 aromatic heterocycles. The van der Waals surface area contributed by atoms with Crippen molar-refractivity contribution in [2.24, 2.45) is 0 Å². The Morgan fingerprint density at radius 1 is 1.19 bits per heavy atom. The molecule has 0 aliphatic carbocycles. The molecule has 7 heteroatoms. The molecule has 2 aromatic carbocycles. The van der Waals surface area contributed by atoms with Crippen LogP contribution in [0.3, 0.4) is 0 Å². The van der Waals surface area contributed by atoms with E-state index in [1.54, 1.807) is 14.0 Å². The lowest BCUT2D eigenvalue weighted by atomic mass is 10.1. The minimum absolute atomic E-state index is 0.0122. The Morgan fingerprint density at radius 3 is 2.71 bits per heavy atom. The van der Waals surface area contributed by atoms with Crippen LogP contribution in [-0.4, -0.2) is 34.0 Å². The number of nitrogens with one attached hydrogen (secondary N) is 1. The Hall–Kier alpha value is -2.93. The number of oxazole rings is 1. The number of nitrogens with zero attached hydrogens (tertiary/aromatic N) is 1. The summed E-state index contributed by atoms with van der Waals surface area (Å²) in [4.78, 5) is 16.8. The van der Waals surface area contributed by atoms with Crippen molar-refractivity contribution in [1.82, 2.24) is 10.3 Å². The van der Waals surface area contributed by atoms with Crippen LogP contribution in [-0.2, 0) is 27.8 Å². The number of ether oxygens (including phenoxy) is 1. The zero-order valence-corrected chi connectivity index (χ0v) is 18.9. The molecule has 6 nitrogen and oxygen atoms in total. The van der Waals surface area contributed by atoms with Gasteiger partial charge in [-0.25, -0.2) is 4.98 Å². The quantitative estimate of drug-likeness (QED) is 0.514. The predicted molar refractivity (Wildman–Crippen MR) is 122 cm³/mol. The summed E-state index contributed by atoms with van der Waals surface area (Å²) in [6.07, 6.45) is 1.71. The normalized spacial score (nSPS) is 12.9. The lowest BCUT2D eigenvalue weighted by Gasteiger charge is -2.13. The molecule has 1 N–H and O–H groups in total. The maximum Gasteiger partial charge on any atom is 0.232 e. The van der Waals surface area contributed by atoms with Crippen LogP contribution in [0.5, 0.6) is 5.75 Å². The number of carbonyl (C=O) groups is 1. The minimum Gasteiger partial charge on any atom is -0.497 e. The SMILES string of the molecule is COc1cccc(-c2nc(C[S@](=O)CC(=O)N[C@H](C)CCc3ccccc3)c(C)o2)c1. The van der Waals surface area contributed by atoms with Gasteiger partial charge in [-0.1, -0.05) is 36.4 Å². The molecule has 0 aliphatic rings. The van der Waals surface area contributed by atoms with E-state index in [0.717, 1.165) is 18.4 Å². The van der Waals surface area contributed by atoms with Gasteiger partial charge < -0.3 is 14.5 Å². The molecule has 2 atom stereocenters. The molecule has 164 valence electrons. The largest absolute Gasteiger partial charge is 0.497 e. The van der Waals surface area contributed by atoms with E-state index in [9.17, 15) is 9.00 Å². The number of carbonyl (C=O) groups excluding carboxylic acids is 1. The highest BCUT2D eigenvalue weighted by Crippen LogP contribution is 2.25. The first-order valence-corrected chi connectivity index (χ1v) is 11.7. The molecule has 0 bridgehead atoms. The van der Waals surface area contributed by atoms with Gasteiger partial charge in [0.1, 0.15) is 17.3 Å². The van der Waals surface area contributed by atoms with Gasteiger partial charge in [-0.3, -0.25) is 9.00 Å². The molecule has 0 saturated carbocycles. The van der Waals surface area contributed by atoms with Crippen LogP contribution in [0.15, 0.2) is 59.0 Å². The van der Waals surface area contributed by atoms with Crippen molar-refractivity contribution < 1.29 is 18.2 Å². The fourth-order valence-electron chi connectivity index (χ4n) is 3.21. The summed E-state index contributed by atoms with van der Waals surface area (Å²) in [5.41, 5.74) is 2.62. The third-order valence-electron chi connectivity index (χ3n) is 4.92. The zero-order chi connectivity index (χ0) is 22.2. The summed E-state index contributed by atoms with van der Waals surface area (Å²) < 4.78 is 23.5. The van der Waals surface area contributed by atoms with Gasteiger partial charge >= 0.3 is 0 Å². The van der Waals surface area contributed by atoms with E-state index in [2.05, 4.69) is 22.4 Å². The molecule has 0 unspecified atom stereocenters. The molecule has 0 fully saturated rings. The van der Waals surface area contributed by atoms with Gasteiger partial charge in [0.25, 0.3) is 0 Å². The van der Waals surface area contributed by atoms with Crippen LogP contribution in [0.2, 0.25) is 0 Å². The van der Waals surface area contributed by atoms with E-state index >= 15 is 0 Å². The lowest BCUT2D eigenvalue weighted by Crippen LogP contribution is -2.36. The number of hydrogen-bond donors (Lipinski definition) is 1. The molecule has 1 amide bonds. The summed E-state index contributed by atoms with van der Waals surface area (Å²) in [6, 6.07) is 17.6. The average Bonchev–Trinajstić information content (AvgIpc) is 3.13. The smallest absolute Gasteiger partial charge is 0.232 e. The van der Waals surface area contributed by atoms with E-state index in [4.69, 9.17) is 9.15 Å². The number of benzene rings is 2. The number of aryl methyl sites for hydroxylation is 2. The molecule has 31 heavy (non-hydrogen) atoms. The van der Waals surface area contributed by atoms with E-state index in [1.165, 1.54) is 5.56 Å². The van der Waals surface area contributed by atoms with Crippen molar-refractivity contribution in [2.45, 2.75) is 38.5 Å². The molecule has 3 rings (SSSR count). The van der Waals surface area contributed by atoms with Crippen molar-refractivity contribution >= 4 is 16.7 Å². The molecular weight excluding hydrogens is 412 g/mol. The number of methoxy groups -OCH3 is 1. The van der Waals surface area contributed by atoms with Gasteiger partial charge in [0.15, 0.2) is 0 Å². The second-order valence-corrected chi connectivity index (χ2v) is 8.93. The first kappa shape index (κ1) is 22.7. The molecule has 0 saturated heterocycles. The number of amides is 1. The van der Waals surface area contributed by atoms with E-state index < -0.39 is 10.8 Å². The fourth-order valence-corrected chi connectivity index (χ4v) is 4.26. The third-order valence-corrected chi connectivity index (χ3v) is 6.09. The summed E-state index contributed by atoms with van der Waals surface area (Å²) in [7, 11) is 0.223. The van der Waals surface area contributed by atoms with Gasteiger partial charge in [0, 0.05) is 22.4 Å². The van der Waals surface area contributed by atoms with Crippen molar-refractivity contribution in [3.05, 3.63) is 71.6 Å². The van der Waals surface area contributed by atoms with Crippen LogP contribution in [0, 0.1) is 6.92 Å². The van der Waals surface area contributed by atoms with Crippen LogP contribution in [0.4, 0.5) is 0 Å². The topological polar surface area (TPSA) is 81.4 Å². The lowest BCUT2D eigenvalue weighted by molar-refractivity contribution is -0.119. The molecule has 1 heterocycles. The third kappa shape index (κ3) is 6.79. The Kier molecular flexibility index (Phi) is 8.00. The van der Waals surface area contributed by atoms with Crippen LogP contribution in [0.25, 0.3) is 11.5 Å². The highest BCUT2D eigenvalue weighted by atomic mass is 32.2. The summed E-state index contributed by atoms with van der Waals surface area (Å²) in [6.45, 7) is 3.75. The van der Waals surface area contributed by atoms with Gasteiger partial charge in [0.05, 0.1) is 18.6 Å². The van der Waals surface area contributed by atoms with E-state index in [0.29, 0.717) is 23.1 Å². The first-order valence-electron chi connectivity index (χ1n) is 10.2. The molecule has 0 radical (unpaired) electrons. The maximum absolute atomic E-state index is 12.5. The van der Waals surface area contributed by atoms with E-state index in [-0.39, 0.29) is 23.5 Å². The van der Waals surface area contributed by atoms with Crippen molar-refractivity contribution in [3.63, 3.8) is 0 Å². The van der Waals surface area contributed by atoms with Crippen molar-refractivity contribution in [3.8, 4) is 17.2 Å². The van der Waals surface area contributed by atoms with E-state index in [1.807, 2.05) is 49.4 Å². The Balaban J connectivity index is 1.50. The van der Waals surface area contributed by atoms with Crippen molar-refractivity contribution in [2.75, 3.05) is 12.9 Å². The standard InChI is InChI=1S/C24H28N2O4S/c1-17(12-13-19-8-5-4-6-9-19)25-23(27)16-31(28)15-22-18(2)30-24(26-22)20-10-7-11-21(14-20)29-3/h4-11,14,17H,12-13,15-16H2,1-3H3,(H,25,27)/t17-,31+/m1/s1. The summed E-state index contributed by atoms with van der Waals surface area (Å²) in [5.74, 6) is 1.65. The van der Waals surface area contributed by atoms with Gasteiger partial charge in [-0.15, -0.1) is 0 Å². The Morgan fingerprint density at radius 2 is 1.97 bits per heavy atom. The summed E-state index contributed by atoms with van der Waals surface area (Å²) >= 11 is 0. The highest BCUT2D eigenvalue weighted by molar-refractivity contribution is 7.84. The number of rotatable bonds is 10. The number of hydrogen-bond acceptors (Lipinski definition) is 5. The Labute approximate surface area is 185 Å². The van der Waals surface area contributed by atoms with Gasteiger partial charge in [-0.2, -0.15) is 0 Å². The van der Waals surface area contributed by atoms with Gasteiger partial charge in [0.2, 0.25) is 11.8 Å². The van der Waals surface area contributed by atoms with Gasteiger partial charge in [-0.05, 0) is 50.5 Å². The second kappa shape index (κ2) is 10.9. The predicted octanol–water partition coefficient (Wildman–Crippen LogP) is 4.04. The van der Waals surface area contributed by atoms with Crippen molar-refractivity contribution in [1.29, 1.82) is 0 Å². The fraction of sp³-hybridized carbons (Fsp3) is 0.333. The highest BCUT2D eigenvalue weighted by Gasteiger charge is 2.17. The average molecular weight is 441 g/mol. The van der Waals surface area contributed by atoms with Crippen LogP contribution >= 0.6 is 0 Å². The molecular formula is C24H28N2O4S. The first-order chi connectivity index (χ1) is 14.9. The maximum atomic E-state index is 12.5. The monoisotopic (exact) mass is 440 g/mol. The minimum atomic E-state index is -1.38. The molecule has 0 aliphatic heterocycles. The number of aromatic nitrogens is 1. The second-order valence-electron chi connectivity index (χ2n) is 7.48. The zero-order valence-electron chi connectivity index (χ0n) is 18.1. The Bertz CT molecular complexity index is 1030. The molecule has 3 aromatic rings. The summed E-state index contributed by atoms with van der Waals surface area (Å²) in [5, 5.41) is 2.94. The van der Waals surface area contributed by atoms with Crippen LogP contribution in [0.1, 0.15) is 30.4 Å². The van der Waals surface area contributed by atoms with Crippen LogP contribution < -0.4 is 10.1 Å².